The van der Waals surface area contributed by atoms with Gasteiger partial charge in [-0.25, -0.2) is 14.8 Å². The molecule has 104 valence electrons. The van der Waals surface area contributed by atoms with Crippen molar-refractivity contribution in [1.82, 2.24) is 9.97 Å². The summed E-state index contributed by atoms with van der Waals surface area (Å²) in [5.74, 6) is 0.685. The predicted octanol–water partition coefficient (Wildman–Crippen LogP) is 2.78. The number of para-hydroxylation sites is 1. The summed E-state index contributed by atoms with van der Waals surface area (Å²) in [7, 11) is 1.73. The van der Waals surface area contributed by atoms with E-state index in [9.17, 15) is 4.79 Å². The zero-order chi connectivity index (χ0) is 13.4. The lowest BCUT2D eigenvalue weighted by Crippen LogP contribution is -2.46. The summed E-state index contributed by atoms with van der Waals surface area (Å²) in [5.41, 5.74) is 2.95. The van der Waals surface area contributed by atoms with Crippen LogP contribution < -0.4 is 9.80 Å². The lowest BCUT2D eigenvalue weighted by atomic mass is 10.1. The molecular formula is C14H15ClN4O. The van der Waals surface area contributed by atoms with Gasteiger partial charge >= 0.3 is 6.03 Å². The molecule has 2 heterocycles. The Bertz CT molecular complexity index is 647. The number of benzene rings is 1. The molecule has 0 radical (unpaired) electrons. The summed E-state index contributed by atoms with van der Waals surface area (Å²) in [6.45, 7) is 2.50. The minimum atomic E-state index is -0.0690. The lowest BCUT2D eigenvalue weighted by molar-refractivity contribution is 0.251. The van der Waals surface area contributed by atoms with Crippen molar-refractivity contribution in [2.45, 2.75) is 13.5 Å². The van der Waals surface area contributed by atoms with Gasteiger partial charge in [0.15, 0.2) is 0 Å². The SMILES string of the molecule is Cc1ccccc1N1Cc2cncnc2N(C)C1=O.Cl. The minimum Gasteiger partial charge on any atom is -0.289 e. The summed E-state index contributed by atoms with van der Waals surface area (Å²) in [5, 5.41) is 0. The smallest absolute Gasteiger partial charge is 0.289 e. The third-order valence-electron chi connectivity index (χ3n) is 3.33. The molecule has 0 bridgehead atoms. The molecule has 2 aromatic rings. The standard InChI is InChI=1S/C14H14N4O.ClH/c1-10-5-3-4-6-12(10)18-8-11-7-15-9-16-13(11)17(2)14(18)19;/h3-7,9H,8H2,1-2H3;1H. The molecular weight excluding hydrogens is 276 g/mol. The Balaban J connectivity index is 0.00000147. The number of halogens is 1. The van der Waals surface area contributed by atoms with E-state index in [1.807, 2.05) is 31.2 Å². The number of urea groups is 1. The Morgan fingerprint density at radius 3 is 2.75 bits per heavy atom. The summed E-state index contributed by atoms with van der Waals surface area (Å²) in [6.07, 6.45) is 3.22. The molecule has 0 aliphatic carbocycles. The molecule has 1 aliphatic rings. The molecule has 1 aromatic carbocycles. The molecule has 1 aliphatic heterocycles. The molecule has 20 heavy (non-hydrogen) atoms. The number of hydrogen-bond acceptors (Lipinski definition) is 3. The molecule has 5 nitrogen and oxygen atoms in total. The maximum Gasteiger partial charge on any atom is 0.330 e. The van der Waals surface area contributed by atoms with Crippen LogP contribution in [0.2, 0.25) is 0 Å². The molecule has 0 N–H and O–H groups in total. The third kappa shape index (κ3) is 2.20. The van der Waals surface area contributed by atoms with Crippen LogP contribution in [-0.4, -0.2) is 23.0 Å². The van der Waals surface area contributed by atoms with Crippen molar-refractivity contribution < 1.29 is 4.79 Å². The van der Waals surface area contributed by atoms with Crippen LogP contribution in [-0.2, 0) is 6.54 Å². The quantitative estimate of drug-likeness (QED) is 0.811. The van der Waals surface area contributed by atoms with Crippen LogP contribution >= 0.6 is 12.4 Å². The zero-order valence-electron chi connectivity index (χ0n) is 11.3. The second kappa shape index (κ2) is 5.46. The monoisotopic (exact) mass is 290 g/mol. The van der Waals surface area contributed by atoms with Crippen LogP contribution in [0, 0.1) is 6.92 Å². The number of aryl methyl sites for hydroxylation is 1. The highest BCUT2D eigenvalue weighted by Crippen LogP contribution is 2.30. The Kier molecular flexibility index (Phi) is 3.90. The molecule has 0 saturated carbocycles. The normalized spacial score (nSPS) is 13.8. The van der Waals surface area contributed by atoms with Gasteiger partial charge in [0, 0.05) is 24.5 Å². The maximum atomic E-state index is 12.4. The first-order valence-electron chi connectivity index (χ1n) is 6.08. The van der Waals surface area contributed by atoms with E-state index in [2.05, 4.69) is 9.97 Å². The molecule has 2 amide bonds. The number of aromatic nitrogens is 2. The van der Waals surface area contributed by atoms with Crippen LogP contribution in [0.15, 0.2) is 36.8 Å². The van der Waals surface area contributed by atoms with Crippen molar-refractivity contribution in [2.24, 2.45) is 0 Å². The van der Waals surface area contributed by atoms with Gasteiger partial charge in [-0.3, -0.25) is 9.80 Å². The number of anilines is 2. The fraction of sp³-hybridized carbons (Fsp3) is 0.214. The second-order valence-electron chi connectivity index (χ2n) is 4.59. The van der Waals surface area contributed by atoms with Gasteiger partial charge in [-0.2, -0.15) is 0 Å². The van der Waals surface area contributed by atoms with Gasteiger partial charge in [0.1, 0.15) is 12.1 Å². The van der Waals surface area contributed by atoms with Crippen molar-refractivity contribution >= 4 is 29.9 Å². The van der Waals surface area contributed by atoms with Crippen LogP contribution in [0.4, 0.5) is 16.3 Å². The first-order chi connectivity index (χ1) is 9.18. The van der Waals surface area contributed by atoms with Crippen molar-refractivity contribution in [2.75, 3.05) is 16.8 Å². The van der Waals surface area contributed by atoms with Gasteiger partial charge in [-0.05, 0) is 18.6 Å². The zero-order valence-corrected chi connectivity index (χ0v) is 12.1. The number of carbonyl (C=O) groups excluding carboxylic acids is 1. The van der Waals surface area contributed by atoms with Crippen LogP contribution in [0.3, 0.4) is 0 Å². The predicted molar refractivity (Wildman–Crippen MR) is 80.4 cm³/mol. The van der Waals surface area contributed by atoms with Gasteiger partial charge in [0.25, 0.3) is 0 Å². The maximum absolute atomic E-state index is 12.4. The number of rotatable bonds is 1. The fourth-order valence-corrected chi connectivity index (χ4v) is 2.33. The first kappa shape index (κ1) is 14.3. The highest BCUT2D eigenvalue weighted by Gasteiger charge is 2.30. The van der Waals surface area contributed by atoms with E-state index in [1.165, 1.54) is 6.33 Å². The van der Waals surface area contributed by atoms with E-state index in [0.717, 1.165) is 16.8 Å². The van der Waals surface area contributed by atoms with E-state index < -0.39 is 0 Å². The molecule has 0 spiro atoms. The van der Waals surface area contributed by atoms with Gasteiger partial charge in [-0.1, -0.05) is 18.2 Å². The molecule has 0 unspecified atom stereocenters. The molecule has 3 rings (SSSR count). The molecule has 0 fully saturated rings. The number of hydrogen-bond donors (Lipinski definition) is 0. The van der Waals surface area contributed by atoms with Crippen LogP contribution in [0.1, 0.15) is 11.1 Å². The van der Waals surface area contributed by atoms with E-state index in [4.69, 9.17) is 0 Å². The molecule has 0 atom stereocenters. The largest absolute Gasteiger partial charge is 0.330 e. The molecule has 1 aromatic heterocycles. The van der Waals surface area contributed by atoms with Crippen LogP contribution in [0.25, 0.3) is 0 Å². The topological polar surface area (TPSA) is 49.3 Å². The molecule has 6 heteroatoms. The average molecular weight is 291 g/mol. The van der Waals surface area contributed by atoms with Gasteiger partial charge in [-0.15, -0.1) is 12.4 Å². The van der Waals surface area contributed by atoms with Gasteiger partial charge < -0.3 is 0 Å². The third-order valence-corrected chi connectivity index (χ3v) is 3.33. The Morgan fingerprint density at radius 1 is 1.25 bits per heavy atom. The summed E-state index contributed by atoms with van der Waals surface area (Å²) >= 11 is 0. The number of nitrogens with zero attached hydrogens (tertiary/aromatic N) is 4. The summed E-state index contributed by atoms with van der Waals surface area (Å²) in [6, 6.07) is 7.79. The minimum absolute atomic E-state index is 0. The first-order valence-corrected chi connectivity index (χ1v) is 6.08. The average Bonchev–Trinajstić information content (AvgIpc) is 2.44. The van der Waals surface area contributed by atoms with Crippen molar-refractivity contribution in [1.29, 1.82) is 0 Å². The number of fused-ring (bicyclic) bond motifs is 1. The highest BCUT2D eigenvalue weighted by atomic mass is 35.5. The Morgan fingerprint density at radius 2 is 2.00 bits per heavy atom. The number of carbonyl (C=O) groups is 1. The van der Waals surface area contributed by atoms with E-state index >= 15 is 0 Å². The molecule has 0 saturated heterocycles. The van der Waals surface area contributed by atoms with Crippen molar-refractivity contribution in [3.63, 3.8) is 0 Å². The summed E-state index contributed by atoms with van der Waals surface area (Å²) in [4.78, 5) is 23.9. The Hall–Kier alpha value is -2.14. The van der Waals surface area contributed by atoms with Crippen molar-refractivity contribution in [3.05, 3.63) is 47.9 Å². The van der Waals surface area contributed by atoms with E-state index in [-0.39, 0.29) is 18.4 Å². The second-order valence-corrected chi connectivity index (χ2v) is 4.59. The van der Waals surface area contributed by atoms with Gasteiger partial charge in [0.05, 0.1) is 6.54 Å². The van der Waals surface area contributed by atoms with Crippen LogP contribution in [0.5, 0.6) is 0 Å². The van der Waals surface area contributed by atoms with Gasteiger partial charge in [0.2, 0.25) is 0 Å². The number of amides is 2. The fourth-order valence-electron chi connectivity index (χ4n) is 2.33. The van der Waals surface area contributed by atoms with Crippen molar-refractivity contribution in [3.8, 4) is 0 Å². The lowest BCUT2D eigenvalue weighted by Gasteiger charge is -2.34. The van der Waals surface area contributed by atoms with E-state index in [1.54, 1.807) is 23.0 Å². The summed E-state index contributed by atoms with van der Waals surface area (Å²) < 4.78 is 0. The Labute approximate surface area is 123 Å². The highest BCUT2D eigenvalue weighted by molar-refractivity contribution is 6.05. The van der Waals surface area contributed by atoms with E-state index in [0.29, 0.717) is 12.4 Å².